The number of primary amides is 1. The molecule has 0 unspecified atom stereocenters. The van der Waals surface area contributed by atoms with Crippen LogP contribution in [-0.2, 0) is 11.2 Å². The Bertz CT molecular complexity index is 1160. The summed E-state index contributed by atoms with van der Waals surface area (Å²) in [6.45, 7) is 9.16. The van der Waals surface area contributed by atoms with Crippen molar-refractivity contribution >= 4 is 23.0 Å². The predicted octanol–water partition coefficient (Wildman–Crippen LogP) is 5.73. The summed E-state index contributed by atoms with van der Waals surface area (Å²) in [6, 6.07) is 15.5. The van der Waals surface area contributed by atoms with Crippen LogP contribution in [0.5, 0.6) is 11.5 Å². The third-order valence-electron chi connectivity index (χ3n) is 5.93. The molecule has 37 heavy (non-hydrogen) atoms. The predicted molar refractivity (Wildman–Crippen MR) is 146 cm³/mol. The van der Waals surface area contributed by atoms with Crippen LogP contribution in [0.4, 0.5) is 4.39 Å². The number of nitrogens with zero attached hydrogens (tertiary/aromatic N) is 1. The summed E-state index contributed by atoms with van der Waals surface area (Å²) in [5, 5.41) is 0. The fourth-order valence-corrected chi connectivity index (χ4v) is 5.06. The maximum absolute atomic E-state index is 12.7. The second-order valence-electron chi connectivity index (χ2n) is 8.49. The number of hydrogen-bond donors (Lipinski definition) is 1. The van der Waals surface area contributed by atoms with Gasteiger partial charge in [0.25, 0.3) is 11.7 Å². The summed E-state index contributed by atoms with van der Waals surface area (Å²) in [7, 11) is 0. The van der Waals surface area contributed by atoms with Gasteiger partial charge in [0.15, 0.2) is 11.5 Å². The van der Waals surface area contributed by atoms with Crippen molar-refractivity contribution in [2.45, 2.75) is 39.5 Å². The van der Waals surface area contributed by atoms with Crippen molar-refractivity contribution in [2.75, 3.05) is 32.8 Å². The largest absolute Gasteiger partial charge is 0.486 e. The van der Waals surface area contributed by atoms with E-state index in [1.165, 1.54) is 62.7 Å². The molecule has 3 heterocycles. The van der Waals surface area contributed by atoms with Gasteiger partial charge < -0.3 is 20.1 Å². The Hall–Kier alpha value is -3.23. The third-order valence-corrected chi connectivity index (χ3v) is 7.06. The molecule has 2 aliphatic rings. The number of benzene rings is 2. The number of hydrogen-bond acceptors (Lipinski definition) is 6. The summed E-state index contributed by atoms with van der Waals surface area (Å²) in [4.78, 5) is 25.7. The van der Waals surface area contributed by atoms with Gasteiger partial charge in [-0.15, -0.1) is 11.3 Å². The molecule has 1 fully saturated rings. The lowest BCUT2D eigenvalue weighted by Crippen LogP contribution is -2.21. The molecular formula is C29H35FN2O4S. The molecule has 0 bridgehead atoms. The molecule has 1 amide bonds. The van der Waals surface area contributed by atoms with E-state index in [4.69, 9.17) is 15.2 Å². The number of nitrogens with two attached hydrogens (primary N) is 1. The number of fused-ring (bicyclic) bond motifs is 1. The average molecular weight is 527 g/mol. The van der Waals surface area contributed by atoms with E-state index in [1.54, 1.807) is 18.2 Å². The number of Topliss-reactive ketones (excluding diaryl/α,β-unsaturated/α-hetero) is 1. The second-order valence-corrected chi connectivity index (χ2v) is 9.58. The highest BCUT2D eigenvalue weighted by Crippen LogP contribution is 2.31. The van der Waals surface area contributed by atoms with Gasteiger partial charge in [0.05, 0.1) is 4.88 Å². The molecule has 8 heteroatoms. The maximum atomic E-state index is 12.7. The number of ether oxygens (including phenoxy) is 2. The van der Waals surface area contributed by atoms with Gasteiger partial charge in [-0.05, 0) is 92.8 Å². The molecule has 6 nitrogen and oxygen atoms in total. The highest BCUT2D eigenvalue weighted by atomic mass is 32.1. The minimum atomic E-state index is -0.975. The smallest absolute Gasteiger partial charge is 0.290 e. The minimum absolute atomic E-state index is 0.289. The fourth-order valence-electron chi connectivity index (χ4n) is 4.11. The number of carbonyl (C=O) groups is 2. The maximum Gasteiger partial charge on any atom is 0.290 e. The number of ketones is 1. The van der Waals surface area contributed by atoms with Gasteiger partial charge >= 0.3 is 0 Å². The molecule has 5 rings (SSSR count). The van der Waals surface area contributed by atoms with Crippen molar-refractivity contribution in [2.24, 2.45) is 5.73 Å². The van der Waals surface area contributed by atoms with Crippen LogP contribution in [0.3, 0.4) is 0 Å². The molecule has 0 saturated carbocycles. The first-order chi connectivity index (χ1) is 18.0. The first-order valence-corrected chi connectivity index (χ1v) is 13.6. The van der Waals surface area contributed by atoms with Crippen molar-refractivity contribution in [1.29, 1.82) is 0 Å². The number of halogens is 1. The topological polar surface area (TPSA) is 81.9 Å². The van der Waals surface area contributed by atoms with Gasteiger partial charge in [-0.3, -0.25) is 9.59 Å². The number of likely N-dealkylation sites (tertiary alicyclic amines) is 1. The summed E-state index contributed by atoms with van der Waals surface area (Å²) in [6.07, 6.45) is 5.13. The molecular weight excluding hydrogens is 491 g/mol. The Morgan fingerprint density at radius 2 is 1.62 bits per heavy atom. The lowest BCUT2D eigenvalue weighted by Gasteiger charge is -2.19. The molecule has 3 aromatic rings. The van der Waals surface area contributed by atoms with Crippen LogP contribution < -0.4 is 15.2 Å². The van der Waals surface area contributed by atoms with Crippen LogP contribution >= 0.6 is 11.3 Å². The molecule has 1 saturated heterocycles. The van der Waals surface area contributed by atoms with E-state index >= 15 is 0 Å². The lowest BCUT2D eigenvalue weighted by molar-refractivity contribution is -0.114. The van der Waals surface area contributed by atoms with Gasteiger partial charge in [-0.25, -0.2) is 4.39 Å². The standard InChI is InChI=1S/C15H21NO2.C12H8FNO2S.C2H6/c1-2-8-16(7-1)9-3-4-13-5-6-14-15(12-13)18-11-10-17-14;13-8-3-1-7(2-4-8)9-5-6-10(17-9)11(15)12(14)16;1-2/h5-6,12H,1-4,7-11H2;1-6H,(H2,14,16);1-2H3. The van der Waals surface area contributed by atoms with Crippen LogP contribution in [0.25, 0.3) is 10.4 Å². The zero-order chi connectivity index (χ0) is 26.6. The van der Waals surface area contributed by atoms with Crippen LogP contribution in [0, 0.1) is 5.82 Å². The zero-order valence-electron chi connectivity index (χ0n) is 21.5. The SMILES string of the molecule is CC.NC(=O)C(=O)c1ccc(-c2ccc(F)cc2)s1.c1cc2c(cc1CCCN1CCCC1)OCCO2. The highest BCUT2D eigenvalue weighted by Gasteiger charge is 2.15. The van der Waals surface area contributed by atoms with Gasteiger partial charge in [0.2, 0.25) is 0 Å². The van der Waals surface area contributed by atoms with E-state index in [0.717, 1.165) is 39.7 Å². The second kappa shape index (κ2) is 14.5. The highest BCUT2D eigenvalue weighted by molar-refractivity contribution is 7.18. The fraction of sp³-hybridized carbons (Fsp3) is 0.379. The third kappa shape index (κ3) is 8.40. The molecule has 0 aliphatic carbocycles. The molecule has 0 atom stereocenters. The number of thiophene rings is 1. The molecule has 1 aromatic heterocycles. The Balaban J connectivity index is 0.000000193. The van der Waals surface area contributed by atoms with Gasteiger partial charge in [0.1, 0.15) is 19.0 Å². The van der Waals surface area contributed by atoms with E-state index in [9.17, 15) is 14.0 Å². The van der Waals surface area contributed by atoms with Gasteiger partial charge in [-0.2, -0.15) is 0 Å². The van der Waals surface area contributed by atoms with Gasteiger partial charge in [0, 0.05) is 4.88 Å². The van der Waals surface area contributed by atoms with Crippen molar-refractivity contribution in [3.05, 3.63) is 70.9 Å². The monoisotopic (exact) mass is 526 g/mol. The van der Waals surface area contributed by atoms with E-state index in [1.807, 2.05) is 19.9 Å². The first-order valence-electron chi connectivity index (χ1n) is 12.8. The zero-order valence-corrected chi connectivity index (χ0v) is 22.3. The molecule has 2 N–H and O–H groups in total. The quantitative estimate of drug-likeness (QED) is 0.314. The van der Waals surface area contributed by atoms with E-state index in [-0.39, 0.29) is 10.7 Å². The molecule has 0 radical (unpaired) electrons. The van der Waals surface area contributed by atoms with E-state index in [0.29, 0.717) is 13.2 Å². The van der Waals surface area contributed by atoms with Crippen LogP contribution in [-0.4, -0.2) is 49.4 Å². The number of carbonyl (C=O) groups excluding carboxylic acids is 2. The van der Waals surface area contributed by atoms with Crippen molar-refractivity contribution in [1.82, 2.24) is 4.90 Å². The molecule has 0 spiro atoms. The number of rotatable bonds is 7. The van der Waals surface area contributed by atoms with Crippen molar-refractivity contribution in [3.8, 4) is 21.9 Å². The Morgan fingerprint density at radius 3 is 2.30 bits per heavy atom. The average Bonchev–Trinajstić information content (AvgIpc) is 3.63. The van der Waals surface area contributed by atoms with Crippen molar-refractivity contribution in [3.63, 3.8) is 0 Å². The minimum Gasteiger partial charge on any atom is -0.486 e. The summed E-state index contributed by atoms with van der Waals surface area (Å²) >= 11 is 1.16. The lowest BCUT2D eigenvalue weighted by atomic mass is 10.1. The summed E-state index contributed by atoms with van der Waals surface area (Å²) in [5.74, 6) is -0.191. The number of aryl methyl sites for hydroxylation is 1. The molecule has 198 valence electrons. The summed E-state index contributed by atoms with van der Waals surface area (Å²) in [5.41, 5.74) is 7.06. The van der Waals surface area contributed by atoms with Crippen LogP contribution in [0.1, 0.15) is 48.3 Å². The Kier molecular flexibility index (Phi) is 11.1. The summed E-state index contributed by atoms with van der Waals surface area (Å²) < 4.78 is 23.9. The van der Waals surface area contributed by atoms with E-state index < -0.39 is 11.7 Å². The van der Waals surface area contributed by atoms with Crippen LogP contribution in [0.2, 0.25) is 0 Å². The van der Waals surface area contributed by atoms with Crippen molar-refractivity contribution < 1.29 is 23.5 Å². The molecule has 2 aliphatic heterocycles. The van der Waals surface area contributed by atoms with E-state index in [2.05, 4.69) is 17.0 Å². The Labute approximate surface area is 222 Å². The van der Waals surface area contributed by atoms with Crippen LogP contribution in [0.15, 0.2) is 54.6 Å². The Morgan fingerprint density at radius 1 is 0.946 bits per heavy atom. The molecule has 2 aromatic carbocycles. The normalized spacial score (nSPS) is 14.1. The number of amides is 1. The first kappa shape index (κ1) is 28.3. The van der Waals surface area contributed by atoms with Gasteiger partial charge in [-0.1, -0.05) is 32.0 Å².